The van der Waals surface area contributed by atoms with Gasteiger partial charge in [0.2, 0.25) is 0 Å². The van der Waals surface area contributed by atoms with Crippen molar-refractivity contribution in [3.63, 3.8) is 0 Å². The summed E-state index contributed by atoms with van der Waals surface area (Å²) < 4.78 is 6.15. The summed E-state index contributed by atoms with van der Waals surface area (Å²) in [7, 11) is -1.60. The Kier molecular flexibility index (Phi) is 6.84. The smallest absolute Gasteiger partial charge is 0.184 e. The van der Waals surface area contributed by atoms with E-state index in [-0.39, 0.29) is 12.1 Å². The van der Waals surface area contributed by atoms with Crippen molar-refractivity contribution in [2.45, 2.75) is 31.8 Å². The van der Waals surface area contributed by atoms with Crippen molar-refractivity contribution in [3.8, 4) is 0 Å². The van der Waals surface area contributed by atoms with Gasteiger partial charge in [-0.2, -0.15) is 0 Å². The lowest BCUT2D eigenvalue weighted by atomic mass is 9.98. The fraction of sp³-hybridized carbons (Fsp3) is 0.368. The van der Waals surface area contributed by atoms with Gasteiger partial charge in [0.25, 0.3) is 0 Å². The molecule has 0 fully saturated rings. The zero-order chi connectivity index (χ0) is 16.7. The summed E-state index contributed by atoms with van der Waals surface area (Å²) in [6.07, 6.45) is 0.0401. The van der Waals surface area contributed by atoms with Crippen LogP contribution in [0, 0.1) is 0 Å². The summed E-state index contributed by atoms with van der Waals surface area (Å²) in [4.78, 5) is 0. The molecule has 0 heterocycles. The van der Waals surface area contributed by atoms with Gasteiger partial charge in [0, 0.05) is 12.4 Å². The van der Waals surface area contributed by atoms with Crippen LogP contribution in [0.15, 0.2) is 60.7 Å². The van der Waals surface area contributed by atoms with E-state index in [1.54, 1.807) is 0 Å². The molecule has 0 saturated carbocycles. The van der Waals surface area contributed by atoms with Crippen LogP contribution in [0.1, 0.15) is 17.2 Å². The number of hydrogen-bond donors (Lipinski definition) is 1. The van der Waals surface area contributed by atoms with Gasteiger partial charge in [-0.25, -0.2) is 0 Å². The van der Waals surface area contributed by atoms with Crippen LogP contribution in [0.5, 0.6) is 0 Å². The van der Waals surface area contributed by atoms with Crippen molar-refractivity contribution < 1.29 is 4.43 Å². The van der Waals surface area contributed by atoms with Crippen molar-refractivity contribution in [1.29, 1.82) is 0 Å². The molecule has 0 spiro atoms. The van der Waals surface area contributed by atoms with Gasteiger partial charge in [-0.15, -0.1) is 11.6 Å². The van der Waals surface area contributed by atoms with E-state index in [1.807, 2.05) is 12.1 Å². The minimum Gasteiger partial charge on any atom is -0.412 e. The van der Waals surface area contributed by atoms with Crippen molar-refractivity contribution in [2.24, 2.45) is 0 Å². The molecule has 0 bridgehead atoms. The molecule has 0 saturated heterocycles. The highest BCUT2D eigenvalue weighted by atomic mass is 35.5. The van der Waals surface area contributed by atoms with E-state index >= 15 is 0 Å². The van der Waals surface area contributed by atoms with E-state index in [1.165, 1.54) is 11.1 Å². The summed E-state index contributed by atoms with van der Waals surface area (Å²) in [6, 6.07) is 21.1. The third-order valence-electron chi connectivity index (χ3n) is 3.51. The van der Waals surface area contributed by atoms with E-state index in [9.17, 15) is 0 Å². The van der Waals surface area contributed by atoms with Gasteiger partial charge in [-0.3, -0.25) is 0 Å². The molecule has 2 rings (SSSR count). The van der Waals surface area contributed by atoms with E-state index in [0.29, 0.717) is 5.88 Å². The van der Waals surface area contributed by atoms with Gasteiger partial charge in [-0.05, 0) is 30.8 Å². The fourth-order valence-corrected chi connectivity index (χ4v) is 4.04. The van der Waals surface area contributed by atoms with E-state index in [0.717, 1.165) is 6.54 Å². The lowest BCUT2D eigenvalue weighted by Gasteiger charge is -2.28. The maximum Gasteiger partial charge on any atom is 0.184 e. The second-order valence-corrected chi connectivity index (χ2v) is 11.4. The molecule has 2 aromatic rings. The van der Waals surface area contributed by atoms with Crippen LogP contribution >= 0.6 is 11.6 Å². The Balaban J connectivity index is 2.13. The Labute approximate surface area is 146 Å². The Morgan fingerprint density at radius 3 is 1.78 bits per heavy atom. The minimum atomic E-state index is -1.60. The van der Waals surface area contributed by atoms with Crippen LogP contribution in [-0.4, -0.2) is 26.8 Å². The lowest BCUT2D eigenvalue weighted by molar-refractivity contribution is 0.210. The molecule has 2 aromatic carbocycles. The average Bonchev–Trinajstić information content (AvgIpc) is 2.55. The van der Waals surface area contributed by atoms with Gasteiger partial charge < -0.3 is 9.74 Å². The third-order valence-corrected chi connectivity index (χ3v) is 4.89. The quantitative estimate of drug-likeness (QED) is 0.545. The first kappa shape index (κ1) is 18.2. The maximum absolute atomic E-state index is 6.15. The number of halogens is 1. The predicted molar refractivity (Wildman–Crippen MR) is 102 cm³/mol. The molecule has 1 N–H and O–H groups in total. The van der Waals surface area contributed by atoms with Gasteiger partial charge >= 0.3 is 0 Å². The Hall–Kier alpha value is -1.13. The van der Waals surface area contributed by atoms with Crippen molar-refractivity contribution >= 4 is 19.9 Å². The molecule has 0 aromatic heterocycles. The summed E-state index contributed by atoms with van der Waals surface area (Å²) in [5, 5.41) is 3.64. The lowest BCUT2D eigenvalue weighted by Crippen LogP contribution is -2.40. The van der Waals surface area contributed by atoms with Crippen LogP contribution in [0.2, 0.25) is 19.6 Å². The van der Waals surface area contributed by atoms with Gasteiger partial charge in [0.1, 0.15) is 0 Å². The number of benzene rings is 2. The summed E-state index contributed by atoms with van der Waals surface area (Å²) in [5.41, 5.74) is 2.50. The standard InChI is InChI=1S/C19H26ClNOSi/c1-23(2,3)22-18(14-20)15-21-19(16-10-6-4-7-11-16)17-12-8-5-9-13-17/h4-13,18-19,21H,14-15H2,1-3H3. The van der Waals surface area contributed by atoms with E-state index in [4.69, 9.17) is 16.0 Å². The Morgan fingerprint density at radius 1 is 0.913 bits per heavy atom. The Bertz CT molecular complexity index is 531. The maximum atomic E-state index is 6.15. The normalized spacial score (nSPS) is 13.3. The van der Waals surface area contributed by atoms with Crippen LogP contribution in [-0.2, 0) is 4.43 Å². The van der Waals surface area contributed by atoms with Crippen molar-refractivity contribution in [2.75, 3.05) is 12.4 Å². The third kappa shape index (κ3) is 6.11. The van der Waals surface area contributed by atoms with Crippen molar-refractivity contribution in [3.05, 3.63) is 71.8 Å². The molecule has 124 valence electrons. The second kappa shape index (κ2) is 8.64. The van der Waals surface area contributed by atoms with Crippen molar-refractivity contribution in [1.82, 2.24) is 5.32 Å². The van der Waals surface area contributed by atoms with Crippen LogP contribution in [0.25, 0.3) is 0 Å². The molecule has 4 heteroatoms. The molecule has 0 aliphatic carbocycles. The number of nitrogens with one attached hydrogen (secondary N) is 1. The molecule has 2 nitrogen and oxygen atoms in total. The number of alkyl halides is 1. The molecule has 0 amide bonds. The first-order chi connectivity index (χ1) is 11.0. The molecule has 1 unspecified atom stereocenters. The SMILES string of the molecule is C[Si](C)(C)OC(CCl)CNC(c1ccccc1)c1ccccc1. The van der Waals surface area contributed by atoms with Crippen LogP contribution in [0.3, 0.4) is 0 Å². The minimum absolute atomic E-state index is 0.0401. The number of rotatable bonds is 8. The second-order valence-electron chi connectivity index (χ2n) is 6.67. The van der Waals surface area contributed by atoms with E-state index in [2.05, 4.69) is 73.5 Å². The zero-order valence-corrected chi connectivity index (χ0v) is 15.9. The highest BCUT2D eigenvalue weighted by Gasteiger charge is 2.22. The highest BCUT2D eigenvalue weighted by molar-refractivity contribution is 6.69. The molecule has 0 aliphatic rings. The summed E-state index contributed by atoms with van der Waals surface area (Å²) in [6.45, 7) is 7.32. The fourth-order valence-electron chi connectivity index (χ4n) is 2.60. The molecule has 0 aliphatic heterocycles. The van der Waals surface area contributed by atoms with Crippen LogP contribution < -0.4 is 5.32 Å². The molecule has 23 heavy (non-hydrogen) atoms. The number of hydrogen-bond acceptors (Lipinski definition) is 2. The molecular formula is C19H26ClNOSi. The topological polar surface area (TPSA) is 21.3 Å². The summed E-state index contributed by atoms with van der Waals surface area (Å²) >= 11 is 6.11. The monoisotopic (exact) mass is 347 g/mol. The molecule has 0 radical (unpaired) electrons. The van der Waals surface area contributed by atoms with Gasteiger partial charge in [0.15, 0.2) is 8.32 Å². The largest absolute Gasteiger partial charge is 0.412 e. The first-order valence-electron chi connectivity index (χ1n) is 8.06. The molecule has 1 atom stereocenters. The summed E-state index contributed by atoms with van der Waals surface area (Å²) in [5.74, 6) is 0.508. The zero-order valence-electron chi connectivity index (χ0n) is 14.1. The predicted octanol–water partition coefficient (Wildman–Crippen LogP) is 4.82. The first-order valence-corrected chi connectivity index (χ1v) is 12.0. The highest BCUT2D eigenvalue weighted by Crippen LogP contribution is 2.22. The van der Waals surface area contributed by atoms with Gasteiger partial charge in [0.05, 0.1) is 12.1 Å². The van der Waals surface area contributed by atoms with Crippen LogP contribution in [0.4, 0.5) is 0 Å². The average molecular weight is 348 g/mol. The van der Waals surface area contributed by atoms with E-state index < -0.39 is 8.32 Å². The van der Waals surface area contributed by atoms with Gasteiger partial charge in [-0.1, -0.05) is 60.7 Å². The molecular weight excluding hydrogens is 322 g/mol. The Morgan fingerprint density at radius 2 is 1.39 bits per heavy atom.